The number of aliphatic carboxylic acids is 1. The van der Waals surface area contributed by atoms with Crippen LogP contribution >= 0.6 is 11.6 Å². The summed E-state index contributed by atoms with van der Waals surface area (Å²) < 4.78 is 0. The number of amides is 2. The van der Waals surface area contributed by atoms with Gasteiger partial charge in [0.2, 0.25) is 0 Å². The van der Waals surface area contributed by atoms with Crippen LogP contribution in [0.25, 0.3) is 0 Å². The van der Waals surface area contributed by atoms with Crippen molar-refractivity contribution in [2.75, 3.05) is 0 Å². The monoisotopic (exact) mass is 307 g/mol. The molecule has 1 saturated carbocycles. The summed E-state index contributed by atoms with van der Waals surface area (Å²) >= 11 is 6.01. The molecule has 110 valence electrons. The number of nitrogens with zero attached hydrogens (tertiary/aromatic N) is 1. The summed E-state index contributed by atoms with van der Waals surface area (Å²) in [6.07, 6.45) is 2.89. The molecule has 0 atom stereocenters. The van der Waals surface area contributed by atoms with Gasteiger partial charge in [0.25, 0.3) is 11.8 Å². The predicted molar refractivity (Wildman–Crippen MR) is 75.4 cm³/mol. The molecule has 0 unspecified atom stereocenters. The number of carboxylic acids is 1. The standard InChI is InChI=1S/C15H14ClNO4/c16-10-6-4-5-9-11(10)13(19)17(12(9)18)15(14(20)21)7-2-1-3-8-15/h4-6H,1-3,7-8H2,(H,20,21). The van der Waals surface area contributed by atoms with Crippen molar-refractivity contribution in [3.63, 3.8) is 0 Å². The van der Waals surface area contributed by atoms with E-state index in [2.05, 4.69) is 0 Å². The smallest absolute Gasteiger partial charge is 0.330 e. The van der Waals surface area contributed by atoms with E-state index in [1.165, 1.54) is 12.1 Å². The van der Waals surface area contributed by atoms with Crippen molar-refractivity contribution in [2.24, 2.45) is 0 Å². The van der Waals surface area contributed by atoms with Crippen LogP contribution < -0.4 is 0 Å². The van der Waals surface area contributed by atoms with Crippen LogP contribution in [0.1, 0.15) is 52.8 Å². The number of rotatable bonds is 2. The highest BCUT2D eigenvalue weighted by atomic mass is 35.5. The van der Waals surface area contributed by atoms with Crippen LogP contribution in [0.3, 0.4) is 0 Å². The molecule has 1 aromatic rings. The third-order valence-electron chi connectivity index (χ3n) is 4.37. The van der Waals surface area contributed by atoms with Gasteiger partial charge in [-0.15, -0.1) is 0 Å². The fraction of sp³-hybridized carbons (Fsp3) is 0.400. The molecule has 0 bridgehead atoms. The second-order valence-electron chi connectivity index (χ2n) is 5.51. The minimum absolute atomic E-state index is 0.121. The van der Waals surface area contributed by atoms with Crippen LogP contribution in [0.15, 0.2) is 18.2 Å². The Labute approximate surface area is 126 Å². The highest BCUT2D eigenvalue weighted by molar-refractivity contribution is 6.37. The Morgan fingerprint density at radius 3 is 2.38 bits per heavy atom. The van der Waals surface area contributed by atoms with E-state index in [1.807, 2.05) is 0 Å². The molecule has 1 aromatic carbocycles. The van der Waals surface area contributed by atoms with E-state index in [0.29, 0.717) is 25.7 Å². The number of carbonyl (C=O) groups is 3. The molecule has 1 N–H and O–H groups in total. The molecule has 1 aliphatic heterocycles. The molecule has 1 heterocycles. The second kappa shape index (κ2) is 4.84. The number of benzene rings is 1. The maximum Gasteiger partial charge on any atom is 0.330 e. The zero-order valence-corrected chi connectivity index (χ0v) is 12.0. The summed E-state index contributed by atoms with van der Waals surface area (Å²) in [5.41, 5.74) is -1.12. The zero-order chi connectivity index (χ0) is 15.2. The van der Waals surface area contributed by atoms with Crippen LogP contribution in [-0.2, 0) is 4.79 Å². The first kappa shape index (κ1) is 14.1. The molecular formula is C15H14ClNO4. The Morgan fingerprint density at radius 2 is 1.81 bits per heavy atom. The van der Waals surface area contributed by atoms with Crippen molar-refractivity contribution >= 4 is 29.4 Å². The fourth-order valence-electron chi connectivity index (χ4n) is 3.30. The SMILES string of the molecule is O=C1c2cccc(Cl)c2C(=O)N1C1(C(=O)O)CCCCC1. The summed E-state index contributed by atoms with van der Waals surface area (Å²) in [5, 5.41) is 9.84. The molecule has 2 aliphatic rings. The van der Waals surface area contributed by atoms with E-state index in [4.69, 9.17) is 11.6 Å². The van der Waals surface area contributed by atoms with Gasteiger partial charge in [-0.25, -0.2) is 4.79 Å². The van der Waals surface area contributed by atoms with E-state index in [-0.39, 0.29) is 16.1 Å². The molecule has 5 nitrogen and oxygen atoms in total. The molecule has 0 saturated heterocycles. The predicted octanol–water partition coefficient (Wildman–Crippen LogP) is 2.72. The molecule has 0 spiro atoms. The van der Waals surface area contributed by atoms with Gasteiger partial charge in [-0.2, -0.15) is 0 Å². The van der Waals surface area contributed by atoms with Gasteiger partial charge in [0.15, 0.2) is 0 Å². The summed E-state index contributed by atoms with van der Waals surface area (Å²) in [7, 11) is 0. The van der Waals surface area contributed by atoms with Crippen molar-refractivity contribution in [1.29, 1.82) is 0 Å². The third-order valence-corrected chi connectivity index (χ3v) is 4.69. The van der Waals surface area contributed by atoms with Gasteiger partial charge in [0.1, 0.15) is 5.54 Å². The van der Waals surface area contributed by atoms with Crippen LogP contribution in [-0.4, -0.2) is 33.3 Å². The zero-order valence-electron chi connectivity index (χ0n) is 11.3. The average Bonchev–Trinajstić information content (AvgIpc) is 2.73. The van der Waals surface area contributed by atoms with Crippen LogP contribution in [0.4, 0.5) is 0 Å². The van der Waals surface area contributed by atoms with Crippen molar-refractivity contribution in [2.45, 2.75) is 37.6 Å². The van der Waals surface area contributed by atoms with Crippen molar-refractivity contribution < 1.29 is 19.5 Å². The minimum Gasteiger partial charge on any atom is -0.479 e. The van der Waals surface area contributed by atoms with Crippen molar-refractivity contribution in [1.82, 2.24) is 4.90 Å². The van der Waals surface area contributed by atoms with Crippen LogP contribution in [0.2, 0.25) is 5.02 Å². The molecule has 3 rings (SSSR count). The lowest BCUT2D eigenvalue weighted by Gasteiger charge is -2.39. The summed E-state index contributed by atoms with van der Waals surface area (Å²) in [5.74, 6) is -2.26. The van der Waals surface area contributed by atoms with Gasteiger partial charge in [-0.1, -0.05) is 36.9 Å². The first-order valence-electron chi connectivity index (χ1n) is 6.90. The van der Waals surface area contributed by atoms with E-state index < -0.39 is 23.3 Å². The first-order valence-corrected chi connectivity index (χ1v) is 7.27. The Balaban J connectivity index is 2.12. The summed E-state index contributed by atoms with van der Waals surface area (Å²) in [6, 6.07) is 4.63. The van der Waals surface area contributed by atoms with Crippen LogP contribution in [0.5, 0.6) is 0 Å². The average molecular weight is 308 g/mol. The van der Waals surface area contributed by atoms with Gasteiger partial charge >= 0.3 is 5.97 Å². The Morgan fingerprint density at radius 1 is 1.14 bits per heavy atom. The number of halogens is 1. The summed E-state index contributed by atoms with van der Waals surface area (Å²) in [4.78, 5) is 37.9. The molecule has 21 heavy (non-hydrogen) atoms. The molecular weight excluding hydrogens is 294 g/mol. The van der Waals surface area contributed by atoms with Gasteiger partial charge in [0.05, 0.1) is 16.1 Å². The maximum absolute atomic E-state index is 12.6. The number of fused-ring (bicyclic) bond motifs is 1. The van der Waals surface area contributed by atoms with Gasteiger partial charge in [0, 0.05) is 0 Å². The molecule has 6 heteroatoms. The molecule has 2 amide bonds. The molecule has 0 radical (unpaired) electrons. The van der Waals surface area contributed by atoms with Crippen molar-refractivity contribution in [3.8, 4) is 0 Å². The van der Waals surface area contributed by atoms with Gasteiger partial charge in [-0.05, 0) is 25.0 Å². The Hall–Kier alpha value is -1.88. The first-order chi connectivity index (χ1) is 9.99. The Bertz CT molecular complexity index is 649. The Kier molecular flexibility index (Phi) is 3.24. The van der Waals surface area contributed by atoms with Gasteiger partial charge < -0.3 is 5.11 Å². The molecule has 1 aliphatic carbocycles. The van der Waals surface area contributed by atoms with Crippen LogP contribution in [0, 0.1) is 0 Å². The largest absolute Gasteiger partial charge is 0.479 e. The van der Waals surface area contributed by atoms with E-state index in [9.17, 15) is 19.5 Å². The fourth-order valence-corrected chi connectivity index (χ4v) is 3.56. The van der Waals surface area contributed by atoms with Gasteiger partial charge in [-0.3, -0.25) is 14.5 Å². The van der Waals surface area contributed by atoms with E-state index in [0.717, 1.165) is 11.3 Å². The minimum atomic E-state index is -1.44. The number of carboxylic acid groups (broad SMARTS) is 1. The van der Waals surface area contributed by atoms with Crippen molar-refractivity contribution in [3.05, 3.63) is 34.3 Å². The summed E-state index contributed by atoms with van der Waals surface area (Å²) in [6.45, 7) is 0. The lowest BCUT2D eigenvalue weighted by molar-refractivity contribution is -0.150. The molecule has 0 aromatic heterocycles. The quantitative estimate of drug-likeness (QED) is 0.852. The lowest BCUT2D eigenvalue weighted by atomic mass is 9.80. The topological polar surface area (TPSA) is 74.7 Å². The second-order valence-corrected chi connectivity index (χ2v) is 5.91. The number of hydrogen-bond acceptors (Lipinski definition) is 3. The third kappa shape index (κ3) is 1.87. The number of imide groups is 1. The molecule has 1 fully saturated rings. The highest BCUT2D eigenvalue weighted by Gasteiger charge is 2.54. The lowest BCUT2D eigenvalue weighted by Crippen LogP contribution is -2.58. The normalized spacial score (nSPS) is 20.5. The van der Waals surface area contributed by atoms with E-state index in [1.54, 1.807) is 6.07 Å². The highest BCUT2D eigenvalue weighted by Crippen LogP contribution is 2.40. The number of carbonyl (C=O) groups excluding carboxylic acids is 2. The maximum atomic E-state index is 12.6. The number of hydrogen-bond donors (Lipinski definition) is 1. The van der Waals surface area contributed by atoms with E-state index >= 15 is 0 Å².